The number of amides is 3. The van der Waals surface area contributed by atoms with E-state index in [0.717, 1.165) is 22.2 Å². The average molecular weight is 366 g/mol. The van der Waals surface area contributed by atoms with Crippen LogP contribution in [0.3, 0.4) is 0 Å². The van der Waals surface area contributed by atoms with Crippen LogP contribution in [0.1, 0.15) is 15.9 Å². The van der Waals surface area contributed by atoms with Crippen LogP contribution < -0.4 is 20.9 Å². The van der Waals surface area contributed by atoms with E-state index >= 15 is 0 Å². The molecule has 27 heavy (non-hydrogen) atoms. The predicted molar refractivity (Wildman–Crippen MR) is 104 cm³/mol. The summed E-state index contributed by atoms with van der Waals surface area (Å²) in [6.45, 7) is 0.413. The Morgan fingerprint density at radius 3 is 2.59 bits per heavy atom. The number of carbonyl (C=O) groups excluding carboxylic acids is 2. The summed E-state index contributed by atoms with van der Waals surface area (Å²) in [5.41, 5.74) is 7.27. The van der Waals surface area contributed by atoms with Gasteiger partial charge in [0.1, 0.15) is 5.75 Å². The third-order valence-corrected chi connectivity index (χ3v) is 4.30. The molecule has 2 aromatic carbocycles. The van der Waals surface area contributed by atoms with Gasteiger partial charge in [0.15, 0.2) is 0 Å². The van der Waals surface area contributed by atoms with Crippen LogP contribution in [-0.4, -0.2) is 30.2 Å². The molecule has 0 saturated carbocycles. The molecule has 0 aliphatic rings. The van der Waals surface area contributed by atoms with Crippen LogP contribution in [0, 0.1) is 0 Å². The number of methoxy groups -OCH3 is 1. The zero-order chi connectivity index (χ0) is 19.2. The maximum atomic E-state index is 12.4. The van der Waals surface area contributed by atoms with Crippen LogP contribution in [0.2, 0.25) is 0 Å². The number of rotatable bonds is 5. The van der Waals surface area contributed by atoms with E-state index in [1.165, 1.54) is 0 Å². The summed E-state index contributed by atoms with van der Waals surface area (Å²) in [4.78, 5) is 24.3. The van der Waals surface area contributed by atoms with Crippen molar-refractivity contribution in [3.63, 3.8) is 0 Å². The Morgan fingerprint density at radius 1 is 1.04 bits per heavy atom. The molecule has 0 unspecified atom stereocenters. The molecule has 3 rings (SSSR count). The first-order valence-electron chi connectivity index (χ1n) is 8.60. The second-order valence-electron chi connectivity index (χ2n) is 6.07. The molecule has 7 heteroatoms. The monoisotopic (exact) mass is 366 g/mol. The summed E-state index contributed by atoms with van der Waals surface area (Å²) in [5, 5.41) is 3.54. The Kier molecular flexibility index (Phi) is 5.61. The van der Waals surface area contributed by atoms with Crippen molar-refractivity contribution in [1.82, 2.24) is 20.7 Å². The van der Waals surface area contributed by atoms with Crippen LogP contribution in [0.4, 0.5) is 4.79 Å². The number of para-hydroxylation sites is 2. The van der Waals surface area contributed by atoms with Crippen molar-refractivity contribution in [2.24, 2.45) is 7.05 Å². The lowest BCUT2D eigenvalue weighted by atomic mass is 10.1. The van der Waals surface area contributed by atoms with Crippen molar-refractivity contribution in [1.29, 1.82) is 0 Å². The van der Waals surface area contributed by atoms with Gasteiger partial charge in [0, 0.05) is 30.7 Å². The summed E-state index contributed by atoms with van der Waals surface area (Å²) >= 11 is 0. The molecule has 1 aromatic heterocycles. The first-order chi connectivity index (χ1) is 13.1. The van der Waals surface area contributed by atoms with Gasteiger partial charge >= 0.3 is 6.03 Å². The SMILES string of the molecule is COc1ccccc1CCNC(=O)NNC(=O)c1cn(C)c2ccccc12. The second kappa shape index (κ2) is 8.27. The van der Waals surface area contributed by atoms with E-state index in [-0.39, 0.29) is 5.91 Å². The Balaban J connectivity index is 1.51. The third kappa shape index (κ3) is 4.20. The molecule has 1 heterocycles. The van der Waals surface area contributed by atoms with Gasteiger partial charge < -0.3 is 14.6 Å². The number of urea groups is 1. The lowest BCUT2D eigenvalue weighted by molar-refractivity contribution is 0.0938. The van der Waals surface area contributed by atoms with Gasteiger partial charge in [-0.25, -0.2) is 10.2 Å². The number of hydrogen-bond donors (Lipinski definition) is 3. The number of carbonyl (C=O) groups is 2. The van der Waals surface area contributed by atoms with Gasteiger partial charge in [0.05, 0.1) is 12.7 Å². The molecule has 7 nitrogen and oxygen atoms in total. The van der Waals surface area contributed by atoms with Crippen LogP contribution in [0.15, 0.2) is 54.7 Å². The van der Waals surface area contributed by atoms with Gasteiger partial charge in [-0.05, 0) is 24.1 Å². The number of aryl methyl sites for hydroxylation is 1. The lowest BCUT2D eigenvalue weighted by Crippen LogP contribution is -2.47. The molecule has 0 aliphatic heterocycles. The number of fused-ring (bicyclic) bond motifs is 1. The molecular formula is C20H22N4O3. The maximum Gasteiger partial charge on any atom is 0.333 e. The number of ether oxygens (including phenoxy) is 1. The molecule has 0 fully saturated rings. The quantitative estimate of drug-likeness (QED) is 0.606. The highest BCUT2D eigenvalue weighted by atomic mass is 16.5. The highest BCUT2D eigenvalue weighted by Gasteiger charge is 2.14. The molecule has 0 radical (unpaired) electrons. The van der Waals surface area contributed by atoms with Crippen molar-refractivity contribution in [3.8, 4) is 5.75 Å². The molecule has 0 saturated heterocycles. The van der Waals surface area contributed by atoms with Crippen molar-refractivity contribution in [2.45, 2.75) is 6.42 Å². The predicted octanol–water partition coefficient (Wildman–Crippen LogP) is 2.37. The molecule has 3 N–H and O–H groups in total. The van der Waals surface area contributed by atoms with Gasteiger partial charge in [-0.1, -0.05) is 36.4 Å². The summed E-state index contributed by atoms with van der Waals surface area (Å²) in [6, 6.07) is 14.8. The number of nitrogens with one attached hydrogen (secondary N) is 3. The number of nitrogens with zero attached hydrogens (tertiary/aromatic N) is 1. The van der Waals surface area contributed by atoms with E-state index in [0.29, 0.717) is 18.5 Å². The van der Waals surface area contributed by atoms with E-state index in [9.17, 15) is 9.59 Å². The van der Waals surface area contributed by atoms with Gasteiger partial charge in [-0.3, -0.25) is 10.2 Å². The summed E-state index contributed by atoms with van der Waals surface area (Å²) < 4.78 is 7.15. The first-order valence-corrected chi connectivity index (χ1v) is 8.60. The Labute approximate surface area is 157 Å². The maximum absolute atomic E-state index is 12.4. The molecule has 3 aromatic rings. The molecule has 3 amide bonds. The zero-order valence-electron chi connectivity index (χ0n) is 15.3. The van der Waals surface area contributed by atoms with Crippen LogP contribution >= 0.6 is 0 Å². The number of benzene rings is 2. The van der Waals surface area contributed by atoms with Gasteiger partial charge in [0.25, 0.3) is 5.91 Å². The van der Waals surface area contributed by atoms with Crippen molar-refractivity contribution < 1.29 is 14.3 Å². The number of aromatic nitrogens is 1. The fraction of sp³-hybridized carbons (Fsp3) is 0.200. The van der Waals surface area contributed by atoms with Gasteiger partial charge in [0.2, 0.25) is 0 Å². The molecule has 0 aliphatic carbocycles. The van der Waals surface area contributed by atoms with E-state index < -0.39 is 6.03 Å². The summed E-state index contributed by atoms with van der Waals surface area (Å²) in [7, 11) is 3.49. The molecule has 0 bridgehead atoms. The molecule has 140 valence electrons. The summed E-state index contributed by atoms with van der Waals surface area (Å²) in [5.74, 6) is 0.413. The lowest BCUT2D eigenvalue weighted by Gasteiger charge is -2.10. The first kappa shape index (κ1) is 18.3. The Bertz CT molecular complexity index is 965. The smallest absolute Gasteiger partial charge is 0.333 e. The Morgan fingerprint density at radius 2 is 1.78 bits per heavy atom. The van der Waals surface area contributed by atoms with E-state index in [2.05, 4.69) is 16.2 Å². The van der Waals surface area contributed by atoms with Crippen molar-refractivity contribution in [2.75, 3.05) is 13.7 Å². The standard InChI is InChI=1S/C20H22N4O3/c1-24-13-16(15-8-4-5-9-17(15)24)19(25)22-23-20(26)21-12-11-14-7-3-6-10-18(14)27-2/h3-10,13H,11-12H2,1-2H3,(H,22,25)(H2,21,23,26). The highest BCUT2D eigenvalue weighted by molar-refractivity contribution is 6.07. The minimum absolute atomic E-state index is 0.369. The van der Waals surface area contributed by atoms with Crippen LogP contribution in [0.25, 0.3) is 10.9 Å². The topological polar surface area (TPSA) is 84.4 Å². The van der Waals surface area contributed by atoms with Crippen molar-refractivity contribution >= 4 is 22.8 Å². The number of hydrogen-bond acceptors (Lipinski definition) is 3. The van der Waals surface area contributed by atoms with E-state index in [1.54, 1.807) is 13.3 Å². The number of hydrazine groups is 1. The van der Waals surface area contributed by atoms with Crippen LogP contribution in [0.5, 0.6) is 5.75 Å². The zero-order valence-corrected chi connectivity index (χ0v) is 15.3. The minimum atomic E-state index is -0.474. The minimum Gasteiger partial charge on any atom is -0.496 e. The normalized spacial score (nSPS) is 10.4. The fourth-order valence-corrected chi connectivity index (χ4v) is 2.97. The summed E-state index contributed by atoms with van der Waals surface area (Å²) in [6.07, 6.45) is 2.36. The van der Waals surface area contributed by atoms with Crippen molar-refractivity contribution in [3.05, 3.63) is 65.9 Å². The Hall–Kier alpha value is -3.48. The van der Waals surface area contributed by atoms with Crippen LogP contribution in [-0.2, 0) is 13.5 Å². The second-order valence-corrected chi connectivity index (χ2v) is 6.07. The molecule has 0 atom stereocenters. The van der Waals surface area contributed by atoms with E-state index in [1.807, 2.05) is 60.1 Å². The largest absolute Gasteiger partial charge is 0.496 e. The van der Waals surface area contributed by atoms with Gasteiger partial charge in [-0.2, -0.15) is 0 Å². The average Bonchev–Trinajstić information content (AvgIpc) is 3.03. The van der Waals surface area contributed by atoms with E-state index in [4.69, 9.17) is 4.74 Å². The fourth-order valence-electron chi connectivity index (χ4n) is 2.97. The van der Waals surface area contributed by atoms with Gasteiger partial charge in [-0.15, -0.1) is 0 Å². The highest BCUT2D eigenvalue weighted by Crippen LogP contribution is 2.20. The molecule has 0 spiro atoms. The third-order valence-electron chi connectivity index (χ3n) is 4.30. The molecular weight excluding hydrogens is 344 g/mol.